The van der Waals surface area contributed by atoms with Crippen LogP contribution in [-0.2, 0) is 14.4 Å². The van der Waals surface area contributed by atoms with Gasteiger partial charge in [-0.3, -0.25) is 4.79 Å². The molecule has 5 heteroatoms. The molecule has 0 aromatic rings. The van der Waals surface area contributed by atoms with Gasteiger partial charge in [0.25, 0.3) is 5.91 Å². The normalized spacial score (nSPS) is 5.20. The van der Waals surface area contributed by atoms with Gasteiger partial charge in [-0.1, -0.05) is 6.58 Å². The summed E-state index contributed by atoms with van der Waals surface area (Å²) in [6, 6.07) is 0. The van der Waals surface area contributed by atoms with Gasteiger partial charge in [-0.15, -0.1) is 4.99 Å². The topological polar surface area (TPSA) is 87.4 Å². The van der Waals surface area contributed by atoms with Crippen LogP contribution >= 0.6 is 0 Å². The van der Waals surface area contributed by atoms with Crippen molar-refractivity contribution in [3.05, 3.63) is 12.7 Å². The Morgan fingerprint density at radius 2 is 2.00 bits per heavy atom. The van der Waals surface area contributed by atoms with Crippen LogP contribution < -0.4 is 0 Å². The fourth-order valence-corrected chi connectivity index (χ4v) is 0.0906. The fourth-order valence-electron chi connectivity index (χ4n) is 0.0906. The van der Waals surface area contributed by atoms with E-state index in [9.17, 15) is 9.59 Å². The first kappa shape index (κ1) is 11.0. The van der Waals surface area contributed by atoms with E-state index in [2.05, 4.69) is 11.6 Å². The van der Waals surface area contributed by atoms with Gasteiger partial charge in [0.1, 0.15) is 0 Å². The molecular formula is C5H4N2O3. The first-order valence-corrected chi connectivity index (χ1v) is 2.01. The summed E-state index contributed by atoms with van der Waals surface area (Å²) in [6.45, 7) is 3.06. The summed E-state index contributed by atoms with van der Waals surface area (Å²) in [5.74, 6) is -0.657. The second-order valence-corrected chi connectivity index (χ2v) is 0.848. The van der Waals surface area contributed by atoms with Gasteiger partial charge < -0.3 is 0 Å². The van der Waals surface area contributed by atoms with Crippen LogP contribution in [-0.4, -0.2) is 18.1 Å². The first-order chi connectivity index (χ1) is 4.72. The summed E-state index contributed by atoms with van der Waals surface area (Å²) in [7, 11) is 0. The molecule has 0 aromatic carbocycles. The highest BCUT2D eigenvalue weighted by molar-refractivity contribution is 5.90. The molecular weight excluding hydrogens is 136 g/mol. The number of nitrogens with zero attached hydrogens (tertiary/aromatic N) is 1. The molecule has 1 N–H and O–H groups in total. The number of rotatable bonds is 1. The zero-order valence-electron chi connectivity index (χ0n) is 4.96. The number of hydrogen-bond donors (Lipinski definition) is 1. The maximum Gasteiger partial charge on any atom is 0.279 e. The summed E-state index contributed by atoms with van der Waals surface area (Å²) in [4.78, 5) is 30.1. The SMILES string of the molecule is C=CC(=O)N=C=O.N=C=O. The van der Waals surface area contributed by atoms with Gasteiger partial charge in [-0.2, -0.15) is 0 Å². The van der Waals surface area contributed by atoms with E-state index in [1.165, 1.54) is 0 Å². The van der Waals surface area contributed by atoms with Crippen molar-refractivity contribution in [1.29, 1.82) is 5.41 Å². The van der Waals surface area contributed by atoms with Crippen LogP contribution in [0.25, 0.3) is 0 Å². The minimum atomic E-state index is -0.657. The predicted molar refractivity (Wildman–Crippen MR) is 31.7 cm³/mol. The lowest BCUT2D eigenvalue weighted by atomic mass is 10.6. The van der Waals surface area contributed by atoms with E-state index in [1.54, 1.807) is 0 Å². The third-order valence-corrected chi connectivity index (χ3v) is 0.330. The molecule has 0 radical (unpaired) electrons. The highest BCUT2D eigenvalue weighted by atomic mass is 16.2. The van der Waals surface area contributed by atoms with Gasteiger partial charge in [-0.25, -0.2) is 15.0 Å². The monoisotopic (exact) mass is 140 g/mol. The molecule has 0 aromatic heterocycles. The van der Waals surface area contributed by atoms with Crippen molar-refractivity contribution in [2.24, 2.45) is 4.99 Å². The Kier molecular flexibility index (Phi) is 11.3. The van der Waals surface area contributed by atoms with Crippen LogP contribution in [0.15, 0.2) is 17.6 Å². The molecule has 0 aliphatic heterocycles. The smallest absolute Gasteiger partial charge is 0.267 e. The van der Waals surface area contributed by atoms with Crippen molar-refractivity contribution in [3.8, 4) is 0 Å². The third-order valence-electron chi connectivity index (χ3n) is 0.330. The molecule has 52 valence electrons. The molecule has 0 atom stereocenters. The Balaban J connectivity index is 0. The lowest BCUT2D eigenvalue weighted by molar-refractivity contribution is -0.113. The minimum absolute atomic E-state index is 0.657. The number of hydrogen-bond acceptors (Lipinski definition) is 4. The molecule has 0 aliphatic carbocycles. The van der Waals surface area contributed by atoms with Crippen LogP contribution in [0.1, 0.15) is 0 Å². The zero-order chi connectivity index (χ0) is 8.41. The molecule has 0 spiro atoms. The zero-order valence-corrected chi connectivity index (χ0v) is 4.96. The molecule has 0 unspecified atom stereocenters. The van der Waals surface area contributed by atoms with Crippen molar-refractivity contribution in [3.63, 3.8) is 0 Å². The number of carbonyl (C=O) groups is 1. The molecule has 0 heterocycles. The number of carbonyl (C=O) groups excluding carboxylic acids is 3. The highest BCUT2D eigenvalue weighted by Gasteiger charge is 1.81. The summed E-state index contributed by atoms with van der Waals surface area (Å²) < 4.78 is 0. The van der Waals surface area contributed by atoms with Gasteiger partial charge >= 0.3 is 0 Å². The largest absolute Gasteiger partial charge is 0.279 e. The molecule has 1 amide bonds. The minimum Gasteiger partial charge on any atom is -0.267 e. The molecule has 0 aliphatic rings. The standard InChI is InChI=1S/C4H3NO2.CHNO/c1-2-4(7)5-3-6;2-1-3/h2H,1H2;2H. The van der Waals surface area contributed by atoms with E-state index in [0.29, 0.717) is 0 Å². The van der Waals surface area contributed by atoms with E-state index in [4.69, 9.17) is 10.2 Å². The van der Waals surface area contributed by atoms with Crippen LogP contribution in [0.3, 0.4) is 0 Å². The van der Waals surface area contributed by atoms with Gasteiger partial charge in [-0.05, 0) is 6.08 Å². The fraction of sp³-hybridized carbons (Fsp3) is 0. The van der Waals surface area contributed by atoms with Crippen molar-refractivity contribution < 1.29 is 14.4 Å². The predicted octanol–water partition coefficient (Wildman–Crippen LogP) is -0.0642. The lowest BCUT2D eigenvalue weighted by Crippen LogP contribution is -1.80. The van der Waals surface area contributed by atoms with Crippen LogP contribution in [0.4, 0.5) is 0 Å². The summed E-state index contributed by atoms with van der Waals surface area (Å²) in [5.41, 5.74) is 0. The number of nitrogens with one attached hydrogen (secondary N) is 1. The van der Waals surface area contributed by atoms with Gasteiger partial charge in [0.15, 0.2) is 0 Å². The molecule has 0 saturated carbocycles. The van der Waals surface area contributed by atoms with Crippen molar-refractivity contribution in [2.45, 2.75) is 0 Å². The Morgan fingerprint density at radius 3 is 2.10 bits per heavy atom. The van der Waals surface area contributed by atoms with Gasteiger partial charge in [0.05, 0.1) is 0 Å². The Hall–Kier alpha value is -1.83. The Bertz CT molecular complexity index is 197. The number of aliphatic imine (C=N–C) groups is 1. The van der Waals surface area contributed by atoms with Crippen molar-refractivity contribution >= 4 is 18.1 Å². The highest BCUT2D eigenvalue weighted by Crippen LogP contribution is 1.68. The van der Waals surface area contributed by atoms with E-state index in [0.717, 1.165) is 18.2 Å². The first-order valence-electron chi connectivity index (χ1n) is 2.01. The average Bonchev–Trinajstić information content (AvgIpc) is 1.90. The van der Waals surface area contributed by atoms with E-state index < -0.39 is 5.91 Å². The maximum absolute atomic E-state index is 9.86. The molecule has 10 heavy (non-hydrogen) atoms. The Labute approximate surface area is 56.6 Å². The molecule has 0 bridgehead atoms. The number of amides is 1. The third kappa shape index (κ3) is 16.4. The maximum atomic E-state index is 9.86. The van der Waals surface area contributed by atoms with Crippen molar-refractivity contribution in [2.75, 3.05) is 0 Å². The van der Waals surface area contributed by atoms with Gasteiger partial charge in [0.2, 0.25) is 12.2 Å². The molecule has 5 nitrogen and oxygen atoms in total. The van der Waals surface area contributed by atoms with Gasteiger partial charge in [0, 0.05) is 0 Å². The lowest BCUT2D eigenvalue weighted by Gasteiger charge is -1.66. The quantitative estimate of drug-likeness (QED) is 0.314. The molecule has 0 fully saturated rings. The Morgan fingerprint density at radius 1 is 1.60 bits per heavy atom. The molecule has 0 saturated heterocycles. The second-order valence-electron chi connectivity index (χ2n) is 0.848. The van der Waals surface area contributed by atoms with Crippen LogP contribution in [0.2, 0.25) is 0 Å². The second kappa shape index (κ2) is 10.2. The van der Waals surface area contributed by atoms with Crippen LogP contribution in [0.5, 0.6) is 0 Å². The van der Waals surface area contributed by atoms with Crippen molar-refractivity contribution in [1.82, 2.24) is 0 Å². The summed E-state index contributed by atoms with van der Waals surface area (Å²) in [6.07, 6.45) is 2.76. The van der Waals surface area contributed by atoms with E-state index >= 15 is 0 Å². The average molecular weight is 140 g/mol. The summed E-state index contributed by atoms with van der Waals surface area (Å²) in [5, 5.41) is 5.40. The van der Waals surface area contributed by atoms with Crippen LogP contribution in [0, 0.1) is 5.41 Å². The summed E-state index contributed by atoms with van der Waals surface area (Å²) >= 11 is 0. The molecule has 0 rings (SSSR count). The van der Waals surface area contributed by atoms with E-state index in [-0.39, 0.29) is 0 Å². The van der Waals surface area contributed by atoms with E-state index in [1.807, 2.05) is 0 Å². The number of isocyanates is 2.